The average Bonchev–Trinajstić information content (AvgIpc) is 3.22. The highest BCUT2D eigenvalue weighted by atomic mass is 16.6. The second-order valence-corrected chi connectivity index (χ2v) is 15.8. The quantitative estimate of drug-likeness (QED) is 0.0434. The maximum atomic E-state index is 11.9. The summed E-state index contributed by atoms with van der Waals surface area (Å²) in [6, 6.07) is 0. The maximum Gasteiger partial charge on any atom is 0.305 e. The van der Waals surface area contributed by atoms with Gasteiger partial charge in [-0.05, 0) is 12.8 Å². The van der Waals surface area contributed by atoms with Crippen LogP contribution in [-0.4, -0.2) is 104 Å². The van der Waals surface area contributed by atoms with Crippen LogP contribution in [0.5, 0.6) is 0 Å². The molecule has 0 rings (SSSR count). The van der Waals surface area contributed by atoms with Crippen LogP contribution >= 0.6 is 0 Å². The van der Waals surface area contributed by atoms with Gasteiger partial charge in [-0.25, -0.2) is 0 Å². The average molecular weight is 831 g/mol. The van der Waals surface area contributed by atoms with Crippen LogP contribution in [0.15, 0.2) is 0 Å². The molecule has 0 bridgehead atoms. The van der Waals surface area contributed by atoms with Crippen LogP contribution < -0.4 is 0 Å². The van der Waals surface area contributed by atoms with Crippen molar-refractivity contribution in [3.8, 4) is 0 Å². The van der Waals surface area contributed by atoms with Crippen molar-refractivity contribution in [2.24, 2.45) is 0 Å². The summed E-state index contributed by atoms with van der Waals surface area (Å²) in [6.45, 7) is 10.7. The first-order valence-corrected chi connectivity index (χ1v) is 24.5. The second kappa shape index (κ2) is 51.8. The van der Waals surface area contributed by atoms with Crippen molar-refractivity contribution in [2.45, 2.75) is 206 Å². The monoisotopic (exact) mass is 831 g/mol. The van der Waals surface area contributed by atoms with E-state index < -0.39 is 0 Å². The largest absolute Gasteiger partial charge is 0.463 e. The van der Waals surface area contributed by atoms with Gasteiger partial charge in [0.15, 0.2) is 0 Å². The van der Waals surface area contributed by atoms with Crippen LogP contribution in [0.25, 0.3) is 0 Å². The Morgan fingerprint density at radius 2 is 0.414 bits per heavy atom. The van der Waals surface area contributed by atoms with E-state index in [1.54, 1.807) is 0 Å². The topological polar surface area (TPSA) is 108 Å². The standard InChI is InChI=1S/C48H94O10/c1-3-5-7-9-11-13-15-17-18-20-22-24-26-28-30-32-48(50)58-46-44-56-42-40-54-38-36-52-34-33-51-35-37-53-39-41-55-43-45-57-47(49)31-29-27-25-23-21-19-16-14-12-10-8-6-4-2/h3-46H2,1-2H3. The first-order valence-electron chi connectivity index (χ1n) is 24.5. The molecule has 0 unspecified atom stereocenters. The fourth-order valence-corrected chi connectivity index (χ4v) is 6.70. The molecule has 0 radical (unpaired) electrons. The predicted molar refractivity (Wildman–Crippen MR) is 237 cm³/mol. The van der Waals surface area contributed by atoms with E-state index in [9.17, 15) is 9.59 Å². The number of carbonyl (C=O) groups excluding carboxylic acids is 2. The van der Waals surface area contributed by atoms with E-state index in [0.29, 0.717) is 92.1 Å². The lowest BCUT2D eigenvalue weighted by Gasteiger charge is -2.09. The Bertz CT molecular complexity index is 798. The molecule has 0 aromatic heterocycles. The zero-order valence-corrected chi connectivity index (χ0v) is 38.2. The minimum Gasteiger partial charge on any atom is -0.463 e. The molecule has 10 heteroatoms. The summed E-state index contributed by atoms with van der Waals surface area (Å²) < 4.78 is 43.5. The molecular weight excluding hydrogens is 737 g/mol. The summed E-state index contributed by atoms with van der Waals surface area (Å²) in [4.78, 5) is 23.8. The van der Waals surface area contributed by atoms with Gasteiger partial charge in [-0.15, -0.1) is 0 Å². The third-order valence-corrected chi connectivity index (χ3v) is 10.3. The normalized spacial score (nSPS) is 11.4. The highest BCUT2D eigenvalue weighted by molar-refractivity contribution is 5.69. The van der Waals surface area contributed by atoms with Crippen LogP contribution in [0.3, 0.4) is 0 Å². The Hall–Kier alpha value is -1.30. The lowest BCUT2D eigenvalue weighted by atomic mass is 10.0. The van der Waals surface area contributed by atoms with Gasteiger partial charge in [0.25, 0.3) is 0 Å². The molecule has 0 saturated carbocycles. The zero-order valence-electron chi connectivity index (χ0n) is 38.2. The molecule has 0 heterocycles. The number of rotatable bonds is 51. The van der Waals surface area contributed by atoms with Crippen LogP contribution in [0.2, 0.25) is 0 Å². The second-order valence-electron chi connectivity index (χ2n) is 15.8. The van der Waals surface area contributed by atoms with Crippen molar-refractivity contribution >= 4 is 11.9 Å². The third kappa shape index (κ3) is 50.8. The highest BCUT2D eigenvalue weighted by Gasteiger charge is 2.04. The number of carbonyl (C=O) groups is 2. The van der Waals surface area contributed by atoms with Gasteiger partial charge in [0.2, 0.25) is 0 Å². The third-order valence-electron chi connectivity index (χ3n) is 10.3. The summed E-state index contributed by atoms with van der Waals surface area (Å²) in [7, 11) is 0. The van der Waals surface area contributed by atoms with E-state index in [1.165, 1.54) is 154 Å². The number of ether oxygens (including phenoxy) is 8. The molecule has 0 amide bonds. The maximum absolute atomic E-state index is 11.9. The van der Waals surface area contributed by atoms with Gasteiger partial charge in [-0.1, -0.05) is 181 Å². The fourth-order valence-electron chi connectivity index (χ4n) is 6.70. The minimum absolute atomic E-state index is 0.129. The Morgan fingerprint density at radius 1 is 0.241 bits per heavy atom. The van der Waals surface area contributed by atoms with Crippen molar-refractivity contribution < 1.29 is 47.5 Å². The molecule has 0 saturated heterocycles. The predicted octanol–water partition coefficient (Wildman–Crippen LogP) is 11.9. The van der Waals surface area contributed by atoms with E-state index in [1.807, 2.05) is 0 Å². The first-order chi connectivity index (χ1) is 28.7. The summed E-state index contributed by atoms with van der Waals surface area (Å²) in [5.74, 6) is -0.260. The number of hydrogen-bond acceptors (Lipinski definition) is 10. The molecule has 0 atom stereocenters. The van der Waals surface area contributed by atoms with Crippen molar-refractivity contribution in [3.05, 3.63) is 0 Å². The lowest BCUT2D eigenvalue weighted by Crippen LogP contribution is -2.15. The molecular formula is C48H94O10. The Kier molecular flexibility index (Phi) is 50.7. The van der Waals surface area contributed by atoms with Gasteiger partial charge in [0.05, 0.1) is 79.3 Å². The van der Waals surface area contributed by atoms with Gasteiger partial charge in [-0.2, -0.15) is 0 Å². The number of esters is 2. The van der Waals surface area contributed by atoms with Gasteiger partial charge in [0.1, 0.15) is 13.2 Å². The Labute approximate surface area is 357 Å². The molecule has 0 fully saturated rings. The highest BCUT2D eigenvalue weighted by Crippen LogP contribution is 2.15. The molecule has 346 valence electrons. The fraction of sp³-hybridized carbons (Fsp3) is 0.958. The van der Waals surface area contributed by atoms with Gasteiger partial charge >= 0.3 is 11.9 Å². The van der Waals surface area contributed by atoms with Crippen LogP contribution in [0.1, 0.15) is 206 Å². The molecule has 0 aliphatic carbocycles. The Balaban J connectivity index is 3.19. The SMILES string of the molecule is CCCCCCCCCCCCCCCCCC(=O)OCCOCCOCCOCCOCCOCCOCCOC(=O)CCCCCCCCCCCCCCC. The van der Waals surface area contributed by atoms with E-state index in [4.69, 9.17) is 37.9 Å². The molecule has 0 spiro atoms. The number of unbranched alkanes of at least 4 members (excludes halogenated alkanes) is 26. The van der Waals surface area contributed by atoms with Gasteiger partial charge < -0.3 is 37.9 Å². The van der Waals surface area contributed by atoms with Crippen molar-refractivity contribution in [3.63, 3.8) is 0 Å². The molecule has 0 N–H and O–H groups in total. The molecule has 58 heavy (non-hydrogen) atoms. The van der Waals surface area contributed by atoms with Crippen LogP contribution in [-0.2, 0) is 47.5 Å². The van der Waals surface area contributed by atoms with Crippen LogP contribution in [0.4, 0.5) is 0 Å². The summed E-state index contributed by atoms with van der Waals surface area (Å²) >= 11 is 0. The van der Waals surface area contributed by atoms with Crippen LogP contribution in [0, 0.1) is 0 Å². The smallest absolute Gasteiger partial charge is 0.305 e. The Morgan fingerprint density at radius 3 is 0.621 bits per heavy atom. The molecule has 0 aliphatic heterocycles. The summed E-state index contributed by atoms with van der Waals surface area (Å²) in [5.41, 5.74) is 0. The molecule has 0 aromatic carbocycles. The molecule has 0 aliphatic rings. The van der Waals surface area contributed by atoms with E-state index in [2.05, 4.69) is 13.8 Å². The molecule has 0 aromatic rings. The molecule has 10 nitrogen and oxygen atoms in total. The minimum atomic E-state index is -0.131. The van der Waals surface area contributed by atoms with E-state index >= 15 is 0 Å². The first kappa shape index (κ1) is 56.7. The van der Waals surface area contributed by atoms with Crippen molar-refractivity contribution in [1.82, 2.24) is 0 Å². The zero-order chi connectivity index (χ0) is 41.9. The summed E-state index contributed by atoms with van der Waals surface area (Å²) in [6.07, 6.45) is 37.6. The van der Waals surface area contributed by atoms with E-state index in [0.717, 1.165) is 25.7 Å². The summed E-state index contributed by atoms with van der Waals surface area (Å²) in [5, 5.41) is 0. The lowest BCUT2D eigenvalue weighted by molar-refractivity contribution is -0.146. The van der Waals surface area contributed by atoms with Gasteiger partial charge in [-0.3, -0.25) is 9.59 Å². The van der Waals surface area contributed by atoms with Crippen molar-refractivity contribution in [1.29, 1.82) is 0 Å². The number of hydrogen-bond donors (Lipinski definition) is 0. The van der Waals surface area contributed by atoms with E-state index in [-0.39, 0.29) is 25.2 Å². The van der Waals surface area contributed by atoms with Crippen molar-refractivity contribution in [2.75, 3.05) is 92.5 Å². The van der Waals surface area contributed by atoms with Gasteiger partial charge in [0, 0.05) is 12.8 Å².